The molecule has 1 aromatic carbocycles. The van der Waals surface area contributed by atoms with E-state index >= 15 is 0 Å². The van der Waals surface area contributed by atoms with Gasteiger partial charge in [-0.2, -0.15) is 4.98 Å². The number of hydrogen-bond donors (Lipinski definition) is 0. The zero-order chi connectivity index (χ0) is 24.5. The molecule has 1 saturated heterocycles. The van der Waals surface area contributed by atoms with E-state index in [-0.39, 0.29) is 11.6 Å². The van der Waals surface area contributed by atoms with Crippen LogP contribution in [0.1, 0.15) is 48.4 Å². The second-order valence-corrected chi connectivity index (χ2v) is 10.1. The molecule has 36 heavy (non-hydrogen) atoms. The molecule has 7 heteroatoms. The molecule has 6 rings (SSSR count). The van der Waals surface area contributed by atoms with Crippen molar-refractivity contribution in [2.75, 3.05) is 36.0 Å². The summed E-state index contributed by atoms with van der Waals surface area (Å²) in [6.07, 6.45) is 8.84. The molecular weight excluding hydrogens is 448 g/mol. The van der Waals surface area contributed by atoms with Crippen molar-refractivity contribution >= 4 is 22.8 Å². The Balaban J connectivity index is 1.31. The van der Waals surface area contributed by atoms with Crippen LogP contribution in [0.2, 0.25) is 0 Å². The topological polar surface area (TPSA) is 67.2 Å². The van der Waals surface area contributed by atoms with Crippen LogP contribution in [0.5, 0.6) is 0 Å². The number of aromatic nitrogens is 4. The van der Waals surface area contributed by atoms with Crippen LogP contribution >= 0.6 is 0 Å². The maximum Gasteiger partial charge on any atom is 0.256 e. The minimum absolute atomic E-state index is 0.0955. The number of hydrogen-bond acceptors (Lipinski definition) is 6. The van der Waals surface area contributed by atoms with E-state index in [0.29, 0.717) is 12.4 Å². The van der Waals surface area contributed by atoms with E-state index in [1.165, 1.54) is 5.56 Å². The molecule has 1 aliphatic carbocycles. The van der Waals surface area contributed by atoms with E-state index in [0.717, 1.165) is 79.8 Å². The summed E-state index contributed by atoms with van der Waals surface area (Å²) in [5.41, 5.74) is 4.00. The standard InChI is InChI=1S/C29H32N6O/c1-21-11-12-26(30-19-21)33-13-15-34(16-14-33)29-31-20-24-18-23(17-22-7-3-2-4-8-22)28(36)35(27(24)32-29)25-9-5-6-10-25/h2-4,7-8,11-12,18-20,25H,5-6,9-10,13-17H2,1H3. The molecular formula is C29H32N6O. The van der Waals surface area contributed by atoms with Gasteiger partial charge in [0.1, 0.15) is 11.5 Å². The van der Waals surface area contributed by atoms with Gasteiger partial charge in [0.25, 0.3) is 5.56 Å². The van der Waals surface area contributed by atoms with Crippen LogP contribution in [0.25, 0.3) is 11.0 Å². The van der Waals surface area contributed by atoms with Crippen LogP contribution in [0.3, 0.4) is 0 Å². The van der Waals surface area contributed by atoms with Crippen molar-refractivity contribution < 1.29 is 0 Å². The number of rotatable bonds is 5. The Bertz CT molecular complexity index is 1400. The van der Waals surface area contributed by atoms with Gasteiger partial charge in [-0.3, -0.25) is 9.36 Å². The second kappa shape index (κ2) is 9.72. The fourth-order valence-corrected chi connectivity index (χ4v) is 5.55. The Morgan fingerprint density at radius 2 is 1.64 bits per heavy atom. The first-order valence-electron chi connectivity index (χ1n) is 13.0. The highest BCUT2D eigenvalue weighted by Crippen LogP contribution is 2.31. The highest BCUT2D eigenvalue weighted by Gasteiger charge is 2.25. The highest BCUT2D eigenvalue weighted by molar-refractivity contribution is 5.76. The van der Waals surface area contributed by atoms with E-state index in [9.17, 15) is 4.79 Å². The summed E-state index contributed by atoms with van der Waals surface area (Å²) in [7, 11) is 0. The zero-order valence-electron chi connectivity index (χ0n) is 20.8. The molecule has 0 bridgehead atoms. The number of anilines is 2. The summed E-state index contributed by atoms with van der Waals surface area (Å²) < 4.78 is 1.98. The Labute approximate surface area is 211 Å². The van der Waals surface area contributed by atoms with Crippen molar-refractivity contribution in [1.29, 1.82) is 0 Å². The van der Waals surface area contributed by atoms with Crippen LogP contribution in [-0.4, -0.2) is 45.7 Å². The molecule has 0 spiro atoms. The first-order valence-corrected chi connectivity index (χ1v) is 13.0. The van der Waals surface area contributed by atoms with Gasteiger partial charge >= 0.3 is 0 Å². The minimum atomic E-state index is 0.0955. The van der Waals surface area contributed by atoms with E-state index in [1.54, 1.807) is 0 Å². The van der Waals surface area contributed by atoms with Crippen LogP contribution in [0.15, 0.2) is 65.7 Å². The number of aryl methyl sites for hydroxylation is 1. The Hall–Kier alpha value is -3.74. The second-order valence-electron chi connectivity index (χ2n) is 10.1. The zero-order valence-corrected chi connectivity index (χ0v) is 20.8. The van der Waals surface area contributed by atoms with Gasteiger partial charge in [0, 0.05) is 62.0 Å². The molecule has 0 radical (unpaired) electrons. The lowest BCUT2D eigenvalue weighted by molar-refractivity contribution is 0.513. The van der Waals surface area contributed by atoms with Gasteiger partial charge < -0.3 is 9.80 Å². The Kier molecular flexibility index (Phi) is 6.13. The average Bonchev–Trinajstić information content (AvgIpc) is 3.45. The third-order valence-electron chi connectivity index (χ3n) is 7.54. The van der Waals surface area contributed by atoms with E-state index in [4.69, 9.17) is 9.97 Å². The van der Waals surface area contributed by atoms with Crippen LogP contribution in [0.4, 0.5) is 11.8 Å². The van der Waals surface area contributed by atoms with Gasteiger partial charge in [0.05, 0.1) is 0 Å². The summed E-state index contributed by atoms with van der Waals surface area (Å²) in [4.78, 5) is 32.6. The van der Waals surface area contributed by atoms with Gasteiger partial charge in [0.15, 0.2) is 0 Å². The SMILES string of the molecule is Cc1ccc(N2CCN(c3ncc4cc(Cc5ccccc5)c(=O)n(C5CCCC5)c4n3)CC2)nc1. The van der Waals surface area contributed by atoms with Gasteiger partial charge in [-0.25, -0.2) is 9.97 Å². The summed E-state index contributed by atoms with van der Waals surface area (Å²) in [5.74, 6) is 1.72. The number of nitrogens with zero attached hydrogens (tertiary/aromatic N) is 6. The first kappa shape index (κ1) is 22.7. The molecule has 2 aliphatic rings. The minimum Gasteiger partial charge on any atom is -0.353 e. The lowest BCUT2D eigenvalue weighted by Crippen LogP contribution is -2.47. The predicted octanol–water partition coefficient (Wildman–Crippen LogP) is 4.53. The summed E-state index contributed by atoms with van der Waals surface area (Å²) in [6, 6.07) is 16.6. The fraction of sp³-hybridized carbons (Fsp3) is 0.379. The normalized spacial score (nSPS) is 16.7. The van der Waals surface area contributed by atoms with Crippen molar-refractivity contribution in [1.82, 2.24) is 19.5 Å². The summed E-state index contributed by atoms with van der Waals surface area (Å²) in [5, 5.41) is 0.943. The van der Waals surface area contributed by atoms with Crippen molar-refractivity contribution in [3.8, 4) is 0 Å². The molecule has 1 aliphatic heterocycles. The van der Waals surface area contributed by atoms with Crippen molar-refractivity contribution in [3.05, 3.63) is 88.0 Å². The van der Waals surface area contributed by atoms with Crippen LogP contribution in [-0.2, 0) is 6.42 Å². The van der Waals surface area contributed by atoms with Gasteiger partial charge in [-0.15, -0.1) is 0 Å². The quantitative estimate of drug-likeness (QED) is 0.418. The fourth-order valence-electron chi connectivity index (χ4n) is 5.55. The maximum atomic E-state index is 13.8. The molecule has 2 fully saturated rings. The molecule has 3 aromatic heterocycles. The largest absolute Gasteiger partial charge is 0.353 e. The number of fused-ring (bicyclic) bond motifs is 1. The van der Waals surface area contributed by atoms with Crippen molar-refractivity contribution in [3.63, 3.8) is 0 Å². The van der Waals surface area contributed by atoms with E-state index in [1.807, 2.05) is 41.2 Å². The molecule has 7 nitrogen and oxygen atoms in total. The maximum absolute atomic E-state index is 13.8. The smallest absolute Gasteiger partial charge is 0.256 e. The lowest BCUT2D eigenvalue weighted by Gasteiger charge is -2.35. The lowest BCUT2D eigenvalue weighted by atomic mass is 10.0. The first-order chi connectivity index (χ1) is 17.7. The molecule has 0 atom stereocenters. The molecule has 1 saturated carbocycles. The number of pyridine rings is 2. The van der Waals surface area contributed by atoms with Gasteiger partial charge in [-0.05, 0) is 43.0 Å². The van der Waals surface area contributed by atoms with Gasteiger partial charge in [0.2, 0.25) is 5.95 Å². The monoisotopic (exact) mass is 480 g/mol. The Morgan fingerprint density at radius 3 is 2.36 bits per heavy atom. The predicted molar refractivity (Wildman–Crippen MR) is 144 cm³/mol. The van der Waals surface area contributed by atoms with E-state index in [2.05, 4.69) is 46.0 Å². The Morgan fingerprint density at radius 1 is 0.889 bits per heavy atom. The summed E-state index contributed by atoms with van der Waals surface area (Å²) in [6.45, 7) is 5.43. The average molecular weight is 481 g/mol. The summed E-state index contributed by atoms with van der Waals surface area (Å²) >= 11 is 0. The molecule has 0 unspecified atom stereocenters. The third-order valence-corrected chi connectivity index (χ3v) is 7.54. The van der Waals surface area contributed by atoms with Gasteiger partial charge in [-0.1, -0.05) is 49.2 Å². The molecule has 0 amide bonds. The third kappa shape index (κ3) is 4.45. The number of piperazine rings is 1. The highest BCUT2D eigenvalue weighted by atomic mass is 16.1. The molecule has 4 aromatic rings. The molecule has 184 valence electrons. The number of benzene rings is 1. The molecule has 4 heterocycles. The molecule has 0 N–H and O–H groups in total. The van der Waals surface area contributed by atoms with Crippen LogP contribution < -0.4 is 15.4 Å². The van der Waals surface area contributed by atoms with Crippen molar-refractivity contribution in [2.24, 2.45) is 0 Å². The van der Waals surface area contributed by atoms with Crippen LogP contribution in [0, 0.1) is 6.92 Å². The van der Waals surface area contributed by atoms with Crippen molar-refractivity contribution in [2.45, 2.75) is 45.1 Å². The van der Waals surface area contributed by atoms with E-state index < -0.39 is 0 Å².